The number of carbonyl (C=O) groups excluding carboxylic acids is 1. The number of hydrogen-bond donors (Lipinski definition) is 1. The molecule has 1 N–H and O–H groups in total. The van der Waals surface area contributed by atoms with E-state index in [1.807, 2.05) is 23.9 Å². The average molecular weight is 386 g/mol. The molecule has 6 nitrogen and oxygen atoms in total. The van der Waals surface area contributed by atoms with Gasteiger partial charge in [0, 0.05) is 17.1 Å². The SMILES string of the molecule is Cc1nnn(C23CC4CC(CC(CC(=O)Nc5ccc(Cl)cc5)(C4)C2)C3)n1. The van der Waals surface area contributed by atoms with E-state index in [1.54, 1.807) is 12.1 Å². The van der Waals surface area contributed by atoms with Gasteiger partial charge in [-0.05, 0) is 92.2 Å². The summed E-state index contributed by atoms with van der Waals surface area (Å²) < 4.78 is 0. The number of nitrogens with one attached hydrogen (secondary N) is 1. The van der Waals surface area contributed by atoms with Gasteiger partial charge >= 0.3 is 0 Å². The van der Waals surface area contributed by atoms with E-state index in [1.165, 1.54) is 6.42 Å². The number of halogens is 1. The third-order valence-corrected chi connectivity index (χ3v) is 7.00. The molecule has 4 bridgehead atoms. The quantitative estimate of drug-likeness (QED) is 0.864. The number of aryl methyl sites for hydroxylation is 1. The number of nitrogens with zero attached hydrogens (tertiary/aromatic N) is 4. The van der Waals surface area contributed by atoms with Crippen molar-refractivity contribution >= 4 is 23.2 Å². The molecule has 4 aliphatic rings. The lowest BCUT2D eigenvalue weighted by Gasteiger charge is -2.61. The molecular weight excluding hydrogens is 362 g/mol. The third kappa shape index (κ3) is 3.04. The summed E-state index contributed by atoms with van der Waals surface area (Å²) in [5, 5.41) is 16.8. The Morgan fingerprint density at radius 1 is 1.22 bits per heavy atom. The van der Waals surface area contributed by atoms with Crippen LogP contribution in [0.15, 0.2) is 24.3 Å². The van der Waals surface area contributed by atoms with E-state index < -0.39 is 0 Å². The van der Waals surface area contributed by atoms with Crippen LogP contribution in [-0.2, 0) is 10.3 Å². The average Bonchev–Trinajstić information content (AvgIpc) is 3.02. The molecule has 2 atom stereocenters. The highest BCUT2D eigenvalue weighted by atomic mass is 35.5. The Morgan fingerprint density at radius 2 is 1.93 bits per heavy atom. The molecule has 1 aromatic heterocycles. The summed E-state index contributed by atoms with van der Waals surface area (Å²) in [7, 11) is 0. The standard InChI is InChI=1S/C20H24ClN5O/c1-13-23-25-26(24-13)20-9-14-6-15(10-20)8-19(7-14,12-20)11-18(27)22-17-4-2-16(21)3-5-17/h2-5,14-15H,6-12H2,1H3,(H,22,27). The van der Waals surface area contributed by atoms with Crippen LogP contribution >= 0.6 is 11.6 Å². The molecule has 0 spiro atoms. The van der Waals surface area contributed by atoms with Gasteiger partial charge in [-0.2, -0.15) is 4.80 Å². The van der Waals surface area contributed by atoms with Crippen molar-refractivity contribution < 1.29 is 4.79 Å². The number of tetrazole rings is 1. The highest BCUT2D eigenvalue weighted by Crippen LogP contribution is 2.65. The van der Waals surface area contributed by atoms with E-state index in [0.29, 0.717) is 23.3 Å². The lowest BCUT2D eigenvalue weighted by molar-refractivity contribution is -0.135. The monoisotopic (exact) mass is 385 g/mol. The van der Waals surface area contributed by atoms with E-state index in [4.69, 9.17) is 11.6 Å². The fraction of sp³-hybridized carbons (Fsp3) is 0.600. The van der Waals surface area contributed by atoms with Gasteiger partial charge in [0.1, 0.15) is 0 Å². The number of amides is 1. The Labute approximate surface area is 163 Å². The fourth-order valence-corrected chi connectivity index (χ4v) is 6.53. The topological polar surface area (TPSA) is 72.7 Å². The molecule has 4 fully saturated rings. The summed E-state index contributed by atoms with van der Waals surface area (Å²) in [5.41, 5.74) is 0.811. The molecule has 6 rings (SSSR count). The molecule has 0 saturated heterocycles. The van der Waals surface area contributed by atoms with Crippen LogP contribution in [0.3, 0.4) is 0 Å². The largest absolute Gasteiger partial charge is 0.326 e. The first kappa shape index (κ1) is 17.2. The van der Waals surface area contributed by atoms with Gasteiger partial charge in [-0.25, -0.2) is 0 Å². The number of aromatic nitrogens is 4. The van der Waals surface area contributed by atoms with Gasteiger partial charge in [0.05, 0.1) is 5.54 Å². The minimum atomic E-state index is -0.0497. The lowest BCUT2D eigenvalue weighted by Crippen LogP contribution is -2.57. The number of anilines is 1. The fourth-order valence-electron chi connectivity index (χ4n) is 6.41. The molecule has 1 heterocycles. The van der Waals surface area contributed by atoms with Gasteiger partial charge in [0.25, 0.3) is 0 Å². The van der Waals surface area contributed by atoms with Crippen LogP contribution in [0, 0.1) is 24.2 Å². The molecule has 4 saturated carbocycles. The van der Waals surface area contributed by atoms with Crippen LogP contribution in [0.4, 0.5) is 5.69 Å². The Morgan fingerprint density at radius 3 is 2.56 bits per heavy atom. The van der Waals surface area contributed by atoms with E-state index in [2.05, 4.69) is 20.7 Å². The molecule has 142 valence electrons. The van der Waals surface area contributed by atoms with Crippen molar-refractivity contribution in [1.29, 1.82) is 0 Å². The second-order valence-corrected chi connectivity index (χ2v) is 9.48. The van der Waals surface area contributed by atoms with Gasteiger partial charge in [-0.15, -0.1) is 10.2 Å². The Kier molecular flexibility index (Phi) is 3.83. The summed E-state index contributed by atoms with van der Waals surface area (Å²) in [4.78, 5) is 14.7. The molecule has 2 aromatic rings. The van der Waals surface area contributed by atoms with Crippen molar-refractivity contribution in [2.24, 2.45) is 17.3 Å². The van der Waals surface area contributed by atoms with Crippen molar-refractivity contribution in [3.63, 3.8) is 0 Å². The molecule has 1 amide bonds. The normalized spacial score (nSPS) is 34.0. The van der Waals surface area contributed by atoms with Gasteiger partial charge in [-0.1, -0.05) is 11.6 Å². The van der Waals surface area contributed by atoms with E-state index in [9.17, 15) is 4.79 Å². The van der Waals surface area contributed by atoms with Gasteiger partial charge in [-0.3, -0.25) is 4.79 Å². The minimum Gasteiger partial charge on any atom is -0.326 e. The van der Waals surface area contributed by atoms with Crippen molar-refractivity contribution in [2.45, 2.75) is 57.4 Å². The summed E-state index contributed by atoms with van der Waals surface area (Å²) in [5.74, 6) is 2.15. The summed E-state index contributed by atoms with van der Waals surface area (Å²) in [6.45, 7) is 1.89. The van der Waals surface area contributed by atoms with Gasteiger partial charge in [0.15, 0.2) is 5.82 Å². The van der Waals surface area contributed by atoms with Gasteiger partial charge < -0.3 is 5.32 Å². The summed E-state index contributed by atoms with van der Waals surface area (Å²) in [6, 6.07) is 7.30. The first-order valence-corrected chi connectivity index (χ1v) is 10.1. The number of rotatable bonds is 4. The molecule has 7 heteroatoms. The van der Waals surface area contributed by atoms with Crippen LogP contribution in [0.1, 0.15) is 50.8 Å². The van der Waals surface area contributed by atoms with Crippen molar-refractivity contribution in [2.75, 3.05) is 5.32 Å². The zero-order chi connectivity index (χ0) is 18.6. The maximum absolute atomic E-state index is 12.8. The molecule has 1 aromatic carbocycles. The van der Waals surface area contributed by atoms with Crippen LogP contribution in [0.2, 0.25) is 5.02 Å². The molecule has 2 unspecified atom stereocenters. The second-order valence-electron chi connectivity index (χ2n) is 9.04. The number of benzene rings is 1. The Bertz CT molecular complexity index is 863. The van der Waals surface area contributed by atoms with E-state index in [-0.39, 0.29) is 16.9 Å². The summed E-state index contributed by atoms with van der Waals surface area (Å²) in [6.07, 6.45) is 7.38. The Balaban J connectivity index is 1.37. The van der Waals surface area contributed by atoms with Crippen LogP contribution in [0.5, 0.6) is 0 Å². The zero-order valence-electron chi connectivity index (χ0n) is 15.5. The second kappa shape index (κ2) is 6.03. The van der Waals surface area contributed by atoms with Crippen LogP contribution < -0.4 is 5.32 Å². The maximum Gasteiger partial charge on any atom is 0.224 e. The molecule has 0 aliphatic heterocycles. The zero-order valence-corrected chi connectivity index (χ0v) is 16.2. The van der Waals surface area contributed by atoms with Crippen LogP contribution in [0.25, 0.3) is 0 Å². The van der Waals surface area contributed by atoms with Crippen LogP contribution in [-0.4, -0.2) is 26.1 Å². The molecular formula is C20H24ClN5O. The van der Waals surface area contributed by atoms with Crippen molar-refractivity contribution in [3.05, 3.63) is 35.1 Å². The smallest absolute Gasteiger partial charge is 0.224 e. The first-order valence-electron chi connectivity index (χ1n) is 9.76. The lowest BCUT2D eigenvalue weighted by atomic mass is 9.46. The van der Waals surface area contributed by atoms with E-state index in [0.717, 1.165) is 43.6 Å². The molecule has 4 aliphatic carbocycles. The minimum absolute atomic E-state index is 0.0497. The maximum atomic E-state index is 12.8. The third-order valence-electron chi connectivity index (χ3n) is 6.75. The predicted octanol–water partition coefficient (Wildman–Crippen LogP) is 3.96. The van der Waals surface area contributed by atoms with Gasteiger partial charge in [0.2, 0.25) is 5.91 Å². The Hall–Kier alpha value is -1.95. The van der Waals surface area contributed by atoms with E-state index >= 15 is 0 Å². The number of hydrogen-bond acceptors (Lipinski definition) is 4. The molecule has 0 radical (unpaired) electrons. The van der Waals surface area contributed by atoms with Crippen molar-refractivity contribution in [3.8, 4) is 0 Å². The highest BCUT2D eigenvalue weighted by molar-refractivity contribution is 6.30. The summed E-state index contributed by atoms with van der Waals surface area (Å²) >= 11 is 5.94. The van der Waals surface area contributed by atoms with Crippen molar-refractivity contribution in [1.82, 2.24) is 20.2 Å². The highest BCUT2D eigenvalue weighted by Gasteiger charge is 2.59. The predicted molar refractivity (Wildman–Crippen MR) is 102 cm³/mol. The molecule has 27 heavy (non-hydrogen) atoms. The first-order chi connectivity index (χ1) is 12.9. The number of carbonyl (C=O) groups is 1.